The van der Waals surface area contributed by atoms with E-state index < -0.39 is 53.2 Å². The molecule has 2 aromatic rings. The largest absolute Gasteiger partial charge is 0.490 e. The fourth-order valence-electron chi connectivity index (χ4n) is 3.80. The number of nitrogens with two attached hydrogens (primary N) is 1. The maximum absolute atomic E-state index is 14.3. The van der Waals surface area contributed by atoms with Gasteiger partial charge in [-0.1, -0.05) is 25.5 Å². The topological polar surface area (TPSA) is 161 Å². The lowest BCUT2D eigenvalue weighted by Crippen LogP contribution is -2.35. The van der Waals surface area contributed by atoms with Crippen LogP contribution in [0.5, 0.6) is 0 Å². The molecular weight excluding hydrogens is 571 g/mol. The number of hydrogen-bond acceptors (Lipinski definition) is 6. The number of nitrogens with one attached hydrogen (secondary N) is 2. The Labute approximate surface area is 237 Å². The number of halogens is 5. The first-order valence-corrected chi connectivity index (χ1v) is 12.6. The summed E-state index contributed by atoms with van der Waals surface area (Å²) in [6.07, 6.45) is -2.53. The predicted octanol–water partition coefficient (Wildman–Crippen LogP) is 5.28. The van der Waals surface area contributed by atoms with Gasteiger partial charge in [0.2, 0.25) is 5.91 Å². The lowest BCUT2D eigenvalue weighted by molar-refractivity contribution is -0.192. The van der Waals surface area contributed by atoms with E-state index >= 15 is 0 Å². The van der Waals surface area contributed by atoms with Crippen molar-refractivity contribution in [3.05, 3.63) is 47.8 Å². The highest BCUT2D eigenvalue weighted by Crippen LogP contribution is 2.36. The van der Waals surface area contributed by atoms with Crippen LogP contribution in [-0.2, 0) is 25.0 Å². The van der Waals surface area contributed by atoms with Gasteiger partial charge in [0.1, 0.15) is 5.60 Å². The maximum Gasteiger partial charge on any atom is 0.490 e. The van der Waals surface area contributed by atoms with Crippen molar-refractivity contribution in [2.24, 2.45) is 11.7 Å². The number of carbonyl (C=O) groups excluding carboxylic acids is 3. The number of aliphatic carboxylic acids is 1. The summed E-state index contributed by atoms with van der Waals surface area (Å²) in [6.45, 7) is 7.02. The number of primary amides is 1. The molecule has 2 atom stereocenters. The molecule has 0 saturated carbocycles. The minimum Gasteiger partial charge on any atom is -0.475 e. The number of nitrogens with zero attached hydrogens (tertiary/aromatic N) is 1. The zero-order valence-corrected chi connectivity index (χ0v) is 23.1. The van der Waals surface area contributed by atoms with Crippen LogP contribution in [0.2, 0.25) is 0 Å². The average Bonchev–Trinajstić information content (AvgIpc) is 2.86. The highest BCUT2D eigenvalue weighted by molar-refractivity contribution is 5.97. The minimum atomic E-state index is -5.08. The number of fused-ring (bicyclic) bond motifs is 4. The number of carboxylic acids is 1. The third kappa shape index (κ3) is 9.38. The van der Waals surface area contributed by atoms with Gasteiger partial charge in [-0.25, -0.2) is 9.59 Å². The Morgan fingerprint density at radius 2 is 1.69 bits per heavy atom. The number of alkyl halides is 5. The number of aromatic nitrogens is 1. The molecule has 2 heterocycles. The molecule has 5 N–H and O–H groups in total. The Hall–Kier alpha value is -4.30. The smallest absolute Gasteiger partial charge is 0.475 e. The number of carbonyl (C=O) groups is 4. The predicted molar refractivity (Wildman–Crippen MR) is 140 cm³/mol. The molecule has 0 aliphatic carbocycles. The monoisotopic (exact) mass is 602 g/mol. The Morgan fingerprint density at radius 3 is 2.24 bits per heavy atom. The highest BCUT2D eigenvalue weighted by atomic mass is 19.4. The van der Waals surface area contributed by atoms with Crippen molar-refractivity contribution in [1.29, 1.82) is 0 Å². The van der Waals surface area contributed by atoms with Crippen LogP contribution in [0.25, 0.3) is 11.1 Å². The molecule has 0 spiro atoms. The number of benzene rings is 1. The van der Waals surface area contributed by atoms with Gasteiger partial charge in [-0.15, -0.1) is 0 Å². The van der Waals surface area contributed by atoms with Crippen LogP contribution in [0.15, 0.2) is 36.5 Å². The van der Waals surface area contributed by atoms with Crippen molar-refractivity contribution in [2.45, 2.75) is 70.7 Å². The Morgan fingerprint density at radius 1 is 1.07 bits per heavy atom. The molecule has 42 heavy (non-hydrogen) atoms. The summed E-state index contributed by atoms with van der Waals surface area (Å²) < 4.78 is 65.8. The van der Waals surface area contributed by atoms with Crippen molar-refractivity contribution in [3.8, 4) is 11.1 Å². The second-order valence-corrected chi connectivity index (χ2v) is 10.5. The van der Waals surface area contributed by atoms with Gasteiger partial charge in [-0.3, -0.25) is 14.6 Å². The Balaban J connectivity index is 0.000000782. The van der Waals surface area contributed by atoms with Gasteiger partial charge in [0, 0.05) is 28.9 Å². The van der Waals surface area contributed by atoms with Crippen molar-refractivity contribution < 1.29 is 51.0 Å². The molecule has 0 radical (unpaired) electrons. The summed E-state index contributed by atoms with van der Waals surface area (Å²) in [5.74, 6) is -9.23. The van der Waals surface area contributed by atoms with Gasteiger partial charge < -0.3 is 26.2 Å². The fraction of sp³-hybridized carbons (Fsp3) is 0.444. The van der Waals surface area contributed by atoms with E-state index in [0.717, 1.165) is 12.1 Å². The van der Waals surface area contributed by atoms with Gasteiger partial charge in [0.15, 0.2) is 0 Å². The molecule has 1 aromatic carbocycles. The molecule has 1 aliphatic rings. The molecule has 0 saturated heterocycles. The second-order valence-electron chi connectivity index (χ2n) is 10.5. The minimum absolute atomic E-state index is 0.120. The molecule has 10 nitrogen and oxygen atoms in total. The maximum atomic E-state index is 14.3. The van der Waals surface area contributed by atoms with Crippen LogP contribution >= 0.6 is 0 Å². The van der Waals surface area contributed by atoms with E-state index in [-0.39, 0.29) is 11.6 Å². The molecule has 1 aromatic heterocycles. The summed E-state index contributed by atoms with van der Waals surface area (Å²) >= 11 is 0. The first-order valence-electron chi connectivity index (χ1n) is 12.6. The summed E-state index contributed by atoms with van der Waals surface area (Å²) in [5, 5.41) is 12.7. The summed E-state index contributed by atoms with van der Waals surface area (Å²) in [4.78, 5) is 49.9. The van der Waals surface area contributed by atoms with Crippen LogP contribution in [0.4, 0.5) is 32.4 Å². The van der Waals surface area contributed by atoms with Gasteiger partial charge in [0.25, 0.3) is 5.91 Å². The number of anilines is 1. The second kappa shape index (κ2) is 13.1. The SMILES string of the molecule is C[C@@H]1CCC[C@H](NC(=O)OC(C)(C)C)c2cc(ccn2)-c2ccc(C(F)(F)C(N)=O)cc2NC1=O.O=C(O)C(F)(F)F. The summed E-state index contributed by atoms with van der Waals surface area (Å²) in [5.41, 5.74) is 5.30. The van der Waals surface area contributed by atoms with E-state index in [9.17, 15) is 36.3 Å². The molecule has 3 rings (SSSR count). The highest BCUT2D eigenvalue weighted by Gasteiger charge is 2.40. The third-order valence-electron chi connectivity index (χ3n) is 5.91. The molecular formula is C27H31F5N4O6. The number of hydrogen-bond donors (Lipinski definition) is 4. The fourth-order valence-corrected chi connectivity index (χ4v) is 3.80. The molecule has 0 fully saturated rings. The quantitative estimate of drug-likeness (QED) is 0.348. The third-order valence-corrected chi connectivity index (χ3v) is 5.91. The molecule has 2 bridgehead atoms. The van der Waals surface area contributed by atoms with Crippen molar-refractivity contribution >= 4 is 29.6 Å². The zero-order chi connectivity index (χ0) is 32.0. The van der Waals surface area contributed by atoms with Crippen molar-refractivity contribution in [3.63, 3.8) is 0 Å². The van der Waals surface area contributed by atoms with E-state index in [1.807, 2.05) is 0 Å². The van der Waals surface area contributed by atoms with E-state index in [0.29, 0.717) is 36.1 Å². The molecule has 15 heteroatoms. The molecule has 1 aliphatic heterocycles. The van der Waals surface area contributed by atoms with Crippen molar-refractivity contribution in [1.82, 2.24) is 10.3 Å². The van der Waals surface area contributed by atoms with E-state index in [1.54, 1.807) is 46.0 Å². The molecule has 0 unspecified atom stereocenters. The van der Waals surface area contributed by atoms with Crippen LogP contribution in [0.1, 0.15) is 64.3 Å². The van der Waals surface area contributed by atoms with Crippen LogP contribution in [-0.4, -0.2) is 45.7 Å². The van der Waals surface area contributed by atoms with E-state index in [2.05, 4.69) is 15.6 Å². The number of amides is 3. The Kier molecular flexibility index (Phi) is 10.6. The number of rotatable bonds is 3. The number of carboxylic acid groups (broad SMARTS) is 1. The molecule has 3 amide bonds. The normalized spacial score (nSPS) is 17.6. The molecule has 230 valence electrons. The average molecular weight is 603 g/mol. The van der Waals surface area contributed by atoms with E-state index in [1.165, 1.54) is 6.07 Å². The summed E-state index contributed by atoms with van der Waals surface area (Å²) in [7, 11) is 0. The first kappa shape index (κ1) is 33.9. The van der Waals surface area contributed by atoms with Crippen molar-refractivity contribution in [2.75, 3.05) is 5.32 Å². The lowest BCUT2D eigenvalue weighted by atomic mass is 9.94. The Bertz CT molecular complexity index is 1330. The van der Waals surface area contributed by atoms with Crippen LogP contribution in [0, 0.1) is 5.92 Å². The van der Waals surface area contributed by atoms with Gasteiger partial charge >= 0.3 is 24.2 Å². The number of ether oxygens (including phenoxy) is 1. The zero-order valence-electron chi connectivity index (χ0n) is 23.1. The van der Waals surface area contributed by atoms with Gasteiger partial charge in [-0.2, -0.15) is 22.0 Å². The lowest BCUT2D eigenvalue weighted by Gasteiger charge is -2.25. The van der Waals surface area contributed by atoms with E-state index in [4.69, 9.17) is 20.4 Å². The number of pyridine rings is 1. The first-order chi connectivity index (χ1) is 19.2. The van der Waals surface area contributed by atoms with Gasteiger partial charge in [-0.05, 0) is 57.4 Å². The van der Waals surface area contributed by atoms with Gasteiger partial charge in [0.05, 0.1) is 11.7 Å². The summed E-state index contributed by atoms with van der Waals surface area (Å²) in [6, 6.07) is 6.47. The number of alkyl carbamates (subject to hydrolysis) is 1. The van der Waals surface area contributed by atoms with Crippen LogP contribution < -0.4 is 16.4 Å². The van der Waals surface area contributed by atoms with Crippen LogP contribution in [0.3, 0.4) is 0 Å². The standard InChI is InChI=1S/C25H30F2N4O4.C2HF3O2/c1-14-6-5-7-18(31-23(34)35-24(2,3)4)20-12-15(10-11-29-20)17-9-8-16(25(26,27)22(28)33)13-19(17)30-21(14)32;3-2(4,5)1(6)7/h8-14,18H,5-7H2,1-4H3,(H2,28,33)(H,30,32)(H,31,34);(H,6,7)/t14-,18+;/m1./s1.